The lowest BCUT2D eigenvalue weighted by atomic mass is 10.2. The number of aromatic amines is 1. The Hall–Kier alpha value is -2.63. The molecular weight excluding hydrogens is 266 g/mol. The maximum atomic E-state index is 5.73. The summed E-state index contributed by atoms with van der Waals surface area (Å²) >= 11 is 0. The van der Waals surface area contributed by atoms with Crippen LogP contribution in [0.4, 0.5) is 5.95 Å². The summed E-state index contributed by atoms with van der Waals surface area (Å²) in [6, 6.07) is 7.89. The monoisotopic (exact) mass is 281 g/mol. The van der Waals surface area contributed by atoms with Gasteiger partial charge >= 0.3 is 0 Å². The zero-order valence-electron chi connectivity index (χ0n) is 11.4. The van der Waals surface area contributed by atoms with E-state index < -0.39 is 0 Å². The summed E-state index contributed by atoms with van der Waals surface area (Å²) in [5, 5.41) is 0. The van der Waals surface area contributed by atoms with E-state index in [1.807, 2.05) is 24.3 Å². The van der Waals surface area contributed by atoms with Gasteiger partial charge in [0.15, 0.2) is 5.65 Å². The van der Waals surface area contributed by atoms with Crippen LogP contribution in [-0.2, 0) is 0 Å². The lowest BCUT2D eigenvalue weighted by Crippen LogP contribution is -1.98. The van der Waals surface area contributed by atoms with Gasteiger partial charge in [0, 0.05) is 5.56 Å². The molecule has 0 aliphatic heterocycles. The van der Waals surface area contributed by atoms with E-state index in [4.69, 9.17) is 10.5 Å². The van der Waals surface area contributed by atoms with E-state index in [0.717, 1.165) is 35.2 Å². The molecule has 6 heteroatoms. The number of hydrogen-bond donors (Lipinski definition) is 2. The number of nitrogens with zero attached hydrogens (tertiary/aromatic N) is 3. The number of H-pyrrole nitrogens is 1. The Morgan fingerprint density at radius 2 is 2.00 bits per heavy atom. The van der Waals surface area contributed by atoms with Gasteiger partial charge in [-0.05, 0) is 43.0 Å². The van der Waals surface area contributed by atoms with Crippen molar-refractivity contribution in [1.82, 2.24) is 19.9 Å². The normalized spacial score (nSPS) is 14.5. The molecule has 1 fully saturated rings. The van der Waals surface area contributed by atoms with Crippen LogP contribution in [-0.4, -0.2) is 26.5 Å². The fourth-order valence-electron chi connectivity index (χ4n) is 2.17. The highest BCUT2D eigenvalue weighted by Gasteiger charge is 2.21. The number of nitrogens with one attached hydrogen (secondary N) is 1. The third kappa shape index (κ3) is 2.52. The number of nitrogens with two attached hydrogens (primary N) is 1. The van der Waals surface area contributed by atoms with Crippen LogP contribution in [0.25, 0.3) is 22.6 Å². The minimum absolute atomic E-state index is 0.226. The second-order valence-corrected chi connectivity index (χ2v) is 5.33. The van der Waals surface area contributed by atoms with Crippen molar-refractivity contribution in [2.24, 2.45) is 5.92 Å². The summed E-state index contributed by atoms with van der Waals surface area (Å²) in [7, 11) is 0. The highest BCUT2D eigenvalue weighted by molar-refractivity contribution is 5.75. The SMILES string of the molecule is Nc1ncc2[nH]c(-c3ccc(OCC4CC4)cc3)nc2n1. The number of anilines is 1. The smallest absolute Gasteiger partial charge is 0.222 e. The minimum atomic E-state index is 0.226. The molecule has 1 aliphatic rings. The zero-order chi connectivity index (χ0) is 14.2. The first-order valence-electron chi connectivity index (χ1n) is 6.99. The summed E-state index contributed by atoms with van der Waals surface area (Å²) in [4.78, 5) is 15.7. The number of hydrogen-bond acceptors (Lipinski definition) is 5. The second-order valence-electron chi connectivity index (χ2n) is 5.33. The molecule has 0 spiro atoms. The van der Waals surface area contributed by atoms with Crippen LogP contribution in [0.15, 0.2) is 30.5 Å². The predicted molar refractivity (Wildman–Crippen MR) is 79.8 cm³/mol. The van der Waals surface area contributed by atoms with Crippen molar-refractivity contribution >= 4 is 17.1 Å². The molecule has 0 atom stereocenters. The maximum Gasteiger partial charge on any atom is 0.222 e. The molecule has 0 saturated heterocycles. The molecule has 6 nitrogen and oxygen atoms in total. The number of rotatable bonds is 4. The number of nitrogen functional groups attached to an aromatic ring is 1. The Balaban J connectivity index is 1.58. The largest absolute Gasteiger partial charge is 0.493 e. The molecule has 3 aromatic rings. The molecule has 1 saturated carbocycles. The van der Waals surface area contributed by atoms with Crippen LogP contribution in [0.5, 0.6) is 5.75 Å². The molecule has 1 aromatic carbocycles. The average molecular weight is 281 g/mol. The van der Waals surface area contributed by atoms with Gasteiger partial charge in [0.25, 0.3) is 0 Å². The Bertz CT molecular complexity index is 776. The third-order valence-electron chi connectivity index (χ3n) is 3.57. The Morgan fingerprint density at radius 1 is 1.19 bits per heavy atom. The van der Waals surface area contributed by atoms with Gasteiger partial charge in [0.1, 0.15) is 17.1 Å². The van der Waals surface area contributed by atoms with Crippen molar-refractivity contribution in [2.45, 2.75) is 12.8 Å². The van der Waals surface area contributed by atoms with Crippen molar-refractivity contribution < 1.29 is 4.74 Å². The van der Waals surface area contributed by atoms with Gasteiger partial charge in [-0.25, -0.2) is 9.97 Å². The Kier molecular flexibility index (Phi) is 2.73. The standard InChI is InChI=1S/C15H15N5O/c16-15-17-7-12-14(20-15)19-13(18-12)10-3-5-11(6-4-10)21-8-9-1-2-9/h3-7,9H,1-2,8H2,(H3,16,17,18,19,20). The zero-order valence-corrected chi connectivity index (χ0v) is 11.4. The number of benzene rings is 1. The summed E-state index contributed by atoms with van der Waals surface area (Å²) < 4.78 is 5.73. The highest BCUT2D eigenvalue weighted by Crippen LogP contribution is 2.30. The number of ether oxygens (including phenoxy) is 1. The lowest BCUT2D eigenvalue weighted by molar-refractivity contribution is 0.300. The van der Waals surface area contributed by atoms with Crippen LogP contribution in [0.1, 0.15) is 12.8 Å². The molecule has 106 valence electrons. The van der Waals surface area contributed by atoms with E-state index in [9.17, 15) is 0 Å². The van der Waals surface area contributed by atoms with Gasteiger partial charge in [-0.15, -0.1) is 0 Å². The number of fused-ring (bicyclic) bond motifs is 1. The summed E-state index contributed by atoms with van der Waals surface area (Å²) in [5.41, 5.74) is 7.89. The van der Waals surface area contributed by atoms with Crippen LogP contribution in [0, 0.1) is 5.92 Å². The molecule has 0 amide bonds. The topological polar surface area (TPSA) is 89.7 Å². The van der Waals surface area contributed by atoms with E-state index >= 15 is 0 Å². The molecule has 2 aromatic heterocycles. The van der Waals surface area contributed by atoms with E-state index in [1.165, 1.54) is 12.8 Å². The lowest BCUT2D eigenvalue weighted by Gasteiger charge is -2.05. The molecule has 3 N–H and O–H groups in total. The summed E-state index contributed by atoms with van der Waals surface area (Å²) in [5.74, 6) is 2.62. The molecule has 2 heterocycles. The van der Waals surface area contributed by atoms with Gasteiger partial charge in [-0.3, -0.25) is 0 Å². The molecule has 4 rings (SSSR count). The summed E-state index contributed by atoms with van der Waals surface area (Å²) in [6.45, 7) is 0.818. The molecular formula is C15H15N5O. The van der Waals surface area contributed by atoms with Gasteiger partial charge in [-0.2, -0.15) is 4.98 Å². The van der Waals surface area contributed by atoms with Crippen LogP contribution in [0.2, 0.25) is 0 Å². The van der Waals surface area contributed by atoms with Crippen molar-refractivity contribution in [2.75, 3.05) is 12.3 Å². The number of imidazole rings is 1. The van der Waals surface area contributed by atoms with Crippen LogP contribution in [0.3, 0.4) is 0 Å². The van der Waals surface area contributed by atoms with Crippen molar-refractivity contribution in [1.29, 1.82) is 0 Å². The first kappa shape index (κ1) is 12.1. The summed E-state index contributed by atoms with van der Waals surface area (Å²) in [6.07, 6.45) is 4.23. The van der Waals surface area contributed by atoms with E-state index in [0.29, 0.717) is 5.65 Å². The quantitative estimate of drug-likeness (QED) is 0.766. The van der Waals surface area contributed by atoms with Gasteiger partial charge < -0.3 is 15.5 Å². The van der Waals surface area contributed by atoms with E-state index in [-0.39, 0.29) is 5.95 Å². The fourth-order valence-corrected chi connectivity index (χ4v) is 2.17. The van der Waals surface area contributed by atoms with Crippen molar-refractivity contribution in [3.05, 3.63) is 30.5 Å². The van der Waals surface area contributed by atoms with Crippen molar-refractivity contribution in [3.63, 3.8) is 0 Å². The predicted octanol–water partition coefficient (Wildman–Crippen LogP) is 2.39. The molecule has 0 radical (unpaired) electrons. The average Bonchev–Trinajstić information content (AvgIpc) is 3.24. The fraction of sp³-hybridized carbons (Fsp3) is 0.267. The van der Waals surface area contributed by atoms with E-state index in [1.54, 1.807) is 6.20 Å². The van der Waals surface area contributed by atoms with Crippen LogP contribution < -0.4 is 10.5 Å². The first-order valence-corrected chi connectivity index (χ1v) is 6.99. The molecule has 0 bridgehead atoms. The van der Waals surface area contributed by atoms with Gasteiger partial charge in [0.2, 0.25) is 5.95 Å². The Morgan fingerprint density at radius 3 is 2.76 bits per heavy atom. The van der Waals surface area contributed by atoms with Gasteiger partial charge in [0.05, 0.1) is 12.8 Å². The third-order valence-corrected chi connectivity index (χ3v) is 3.57. The Labute approximate surface area is 121 Å². The van der Waals surface area contributed by atoms with Crippen molar-refractivity contribution in [3.8, 4) is 17.1 Å². The number of aromatic nitrogens is 4. The van der Waals surface area contributed by atoms with Crippen LogP contribution >= 0.6 is 0 Å². The molecule has 21 heavy (non-hydrogen) atoms. The first-order chi connectivity index (χ1) is 10.3. The molecule has 0 unspecified atom stereocenters. The maximum absolute atomic E-state index is 5.73. The highest BCUT2D eigenvalue weighted by atomic mass is 16.5. The molecule has 1 aliphatic carbocycles. The second kappa shape index (κ2) is 4.73. The van der Waals surface area contributed by atoms with Gasteiger partial charge in [-0.1, -0.05) is 0 Å². The minimum Gasteiger partial charge on any atom is -0.493 e. The van der Waals surface area contributed by atoms with E-state index in [2.05, 4.69) is 19.9 Å².